The summed E-state index contributed by atoms with van der Waals surface area (Å²) in [5, 5.41) is 1.67. The lowest BCUT2D eigenvalue weighted by atomic mass is 9.96. The van der Waals surface area contributed by atoms with Crippen molar-refractivity contribution in [2.45, 2.75) is 62.5 Å². The topological polar surface area (TPSA) is 78.0 Å². The van der Waals surface area contributed by atoms with E-state index in [1.165, 1.54) is 23.2 Å². The summed E-state index contributed by atoms with van der Waals surface area (Å²) >= 11 is 1.12. The molecule has 0 N–H and O–H groups in total. The lowest BCUT2D eigenvalue weighted by Gasteiger charge is -2.33. The van der Waals surface area contributed by atoms with Gasteiger partial charge in [0.1, 0.15) is 4.21 Å². The number of hydrogen-bond donors (Lipinski definition) is 0. The van der Waals surface area contributed by atoms with Gasteiger partial charge in [0.05, 0.1) is 5.56 Å². The van der Waals surface area contributed by atoms with Crippen LogP contribution in [0.5, 0.6) is 0 Å². The van der Waals surface area contributed by atoms with Crippen LogP contribution in [0.3, 0.4) is 0 Å². The molecule has 32 heavy (non-hydrogen) atoms. The van der Waals surface area contributed by atoms with Crippen LogP contribution in [0.4, 0.5) is 0 Å². The van der Waals surface area contributed by atoms with Gasteiger partial charge in [-0.1, -0.05) is 19.8 Å². The van der Waals surface area contributed by atoms with Crippen LogP contribution < -0.4 is 0 Å². The zero-order chi connectivity index (χ0) is 22.7. The molecular weight excluding hydrogens is 446 g/mol. The monoisotopic (exact) mass is 481 g/mol. The Labute approximate surface area is 195 Å². The first-order valence-electron chi connectivity index (χ1n) is 12.0. The van der Waals surface area contributed by atoms with Gasteiger partial charge >= 0.3 is 0 Å². The number of carbonyl (C=O) groups is 2. The van der Waals surface area contributed by atoms with Crippen LogP contribution in [-0.2, 0) is 14.8 Å². The number of amides is 2. The number of piperidine rings is 2. The van der Waals surface area contributed by atoms with E-state index in [2.05, 4.69) is 6.92 Å². The van der Waals surface area contributed by atoms with Crippen molar-refractivity contribution < 1.29 is 18.0 Å². The maximum Gasteiger partial charge on any atom is 0.254 e. The minimum absolute atomic E-state index is 0.0728. The Balaban J connectivity index is 1.35. The summed E-state index contributed by atoms with van der Waals surface area (Å²) in [6.07, 6.45) is 7.61. The Bertz CT molecular complexity index is 905. The molecular formula is C23H35N3O4S2. The molecule has 0 bridgehead atoms. The molecule has 3 fully saturated rings. The van der Waals surface area contributed by atoms with Crippen LogP contribution in [0, 0.1) is 11.8 Å². The van der Waals surface area contributed by atoms with Gasteiger partial charge in [-0.25, -0.2) is 8.42 Å². The van der Waals surface area contributed by atoms with Gasteiger partial charge in [0.15, 0.2) is 0 Å². The Hall–Kier alpha value is -1.45. The van der Waals surface area contributed by atoms with Crippen LogP contribution in [0.25, 0.3) is 0 Å². The van der Waals surface area contributed by atoms with Crippen LogP contribution in [-0.4, -0.2) is 73.6 Å². The van der Waals surface area contributed by atoms with Gasteiger partial charge in [0, 0.05) is 50.6 Å². The van der Waals surface area contributed by atoms with Gasteiger partial charge < -0.3 is 9.80 Å². The molecule has 3 aliphatic rings. The third-order valence-corrected chi connectivity index (χ3v) is 10.5. The number of rotatable bonds is 4. The fourth-order valence-electron chi connectivity index (χ4n) is 4.98. The molecule has 0 aromatic carbocycles. The zero-order valence-corrected chi connectivity index (χ0v) is 20.6. The lowest BCUT2D eigenvalue weighted by Crippen LogP contribution is -2.44. The van der Waals surface area contributed by atoms with Crippen molar-refractivity contribution in [2.75, 3.05) is 39.3 Å². The van der Waals surface area contributed by atoms with Crippen molar-refractivity contribution in [3.8, 4) is 0 Å². The SMILES string of the molecule is CC1CCN(C(=O)c2csc(S(=O)(=O)N3CCC(C(=O)N4CCCCCC4)CC3)c2)CC1. The van der Waals surface area contributed by atoms with E-state index in [-0.39, 0.29) is 21.9 Å². The van der Waals surface area contributed by atoms with Crippen molar-refractivity contribution >= 4 is 33.2 Å². The van der Waals surface area contributed by atoms with Crippen molar-refractivity contribution in [3.05, 3.63) is 17.0 Å². The van der Waals surface area contributed by atoms with Crippen molar-refractivity contribution in [3.63, 3.8) is 0 Å². The van der Waals surface area contributed by atoms with E-state index in [1.54, 1.807) is 5.38 Å². The Kier molecular flexibility index (Phi) is 7.57. The van der Waals surface area contributed by atoms with E-state index < -0.39 is 10.0 Å². The molecule has 0 atom stereocenters. The molecule has 0 radical (unpaired) electrons. The standard InChI is InChI=1S/C23H35N3O4S2/c1-18-6-12-25(13-7-18)23(28)20-16-21(31-17-20)32(29,30)26-14-8-19(9-15-26)22(27)24-10-4-2-3-5-11-24/h16-19H,2-15H2,1H3. The smallest absolute Gasteiger partial charge is 0.254 e. The minimum atomic E-state index is -3.64. The predicted molar refractivity (Wildman–Crippen MR) is 125 cm³/mol. The molecule has 7 nitrogen and oxygen atoms in total. The van der Waals surface area contributed by atoms with E-state index in [4.69, 9.17) is 0 Å². The fraction of sp³-hybridized carbons (Fsp3) is 0.739. The quantitative estimate of drug-likeness (QED) is 0.660. The maximum absolute atomic E-state index is 13.2. The first kappa shape index (κ1) is 23.7. The summed E-state index contributed by atoms with van der Waals surface area (Å²) in [6, 6.07) is 1.54. The molecule has 9 heteroatoms. The normalized spacial score (nSPS) is 22.7. The minimum Gasteiger partial charge on any atom is -0.342 e. The van der Waals surface area contributed by atoms with Gasteiger partial charge in [-0.05, 0) is 50.5 Å². The molecule has 0 unspecified atom stereocenters. The van der Waals surface area contributed by atoms with Crippen molar-refractivity contribution in [1.29, 1.82) is 0 Å². The molecule has 4 rings (SSSR count). The second-order valence-corrected chi connectivity index (χ2v) is 12.6. The molecule has 1 aromatic heterocycles. The van der Waals surface area contributed by atoms with Crippen LogP contribution in [0.15, 0.2) is 15.7 Å². The van der Waals surface area contributed by atoms with Crippen LogP contribution >= 0.6 is 11.3 Å². The van der Waals surface area contributed by atoms with E-state index >= 15 is 0 Å². The van der Waals surface area contributed by atoms with E-state index in [0.717, 1.165) is 63.2 Å². The first-order valence-corrected chi connectivity index (χ1v) is 14.3. The Morgan fingerprint density at radius 3 is 2.12 bits per heavy atom. The predicted octanol–water partition coefficient (Wildman–Crippen LogP) is 3.42. The number of likely N-dealkylation sites (tertiary alicyclic amines) is 2. The molecule has 0 aliphatic carbocycles. The van der Waals surface area contributed by atoms with Gasteiger partial charge in [-0.2, -0.15) is 4.31 Å². The summed E-state index contributed by atoms with van der Waals surface area (Å²) in [4.78, 5) is 29.5. The molecule has 178 valence electrons. The highest BCUT2D eigenvalue weighted by Gasteiger charge is 2.35. The zero-order valence-electron chi connectivity index (χ0n) is 19.0. The summed E-state index contributed by atoms with van der Waals surface area (Å²) < 4.78 is 28.1. The summed E-state index contributed by atoms with van der Waals surface area (Å²) in [5.41, 5.74) is 0.467. The van der Waals surface area contributed by atoms with Gasteiger partial charge in [0.2, 0.25) is 5.91 Å². The fourth-order valence-corrected chi connectivity index (χ4v) is 7.75. The molecule has 3 aliphatic heterocycles. The first-order chi connectivity index (χ1) is 15.4. The second-order valence-electron chi connectivity index (χ2n) is 9.55. The number of thiophene rings is 1. The largest absolute Gasteiger partial charge is 0.342 e. The third-order valence-electron chi connectivity index (χ3n) is 7.21. The maximum atomic E-state index is 13.2. The van der Waals surface area contributed by atoms with Crippen molar-refractivity contribution in [2.24, 2.45) is 11.8 Å². The van der Waals surface area contributed by atoms with Crippen LogP contribution in [0.1, 0.15) is 68.6 Å². The lowest BCUT2D eigenvalue weighted by molar-refractivity contribution is -0.136. The molecule has 0 saturated carbocycles. The van der Waals surface area contributed by atoms with Gasteiger partial charge in [0.25, 0.3) is 15.9 Å². The average molecular weight is 482 g/mol. The third kappa shape index (κ3) is 5.20. The summed E-state index contributed by atoms with van der Waals surface area (Å²) in [5.74, 6) is 0.674. The van der Waals surface area contributed by atoms with E-state index in [0.29, 0.717) is 37.4 Å². The number of nitrogens with zero attached hydrogens (tertiary/aromatic N) is 3. The van der Waals surface area contributed by atoms with Crippen molar-refractivity contribution in [1.82, 2.24) is 14.1 Å². The Morgan fingerprint density at radius 2 is 1.50 bits per heavy atom. The second kappa shape index (κ2) is 10.2. The molecule has 4 heterocycles. The van der Waals surface area contributed by atoms with E-state index in [1.807, 2.05) is 9.80 Å². The van der Waals surface area contributed by atoms with Gasteiger partial charge in [-0.15, -0.1) is 11.3 Å². The molecule has 3 saturated heterocycles. The highest BCUT2D eigenvalue weighted by atomic mass is 32.2. The molecule has 2 amide bonds. The average Bonchev–Trinajstić information content (AvgIpc) is 3.16. The molecule has 0 spiro atoms. The number of sulfonamides is 1. The number of carbonyl (C=O) groups excluding carboxylic acids is 2. The summed E-state index contributed by atoms with van der Waals surface area (Å²) in [6.45, 7) is 6.04. The summed E-state index contributed by atoms with van der Waals surface area (Å²) in [7, 11) is -3.64. The van der Waals surface area contributed by atoms with Gasteiger partial charge in [-0.3, -0.25) is 9.59 Å². The Morgan fingerprint density at radius 1 is 0.875 bits per heavy atom. The van der Waals surface area contributed by atoms with E-state index in [9.17, 15) is 18.0 Å². The number of hydrogen-bond acceptors (Lipinski definition) is 5. The highest BCUT2D eigenvalue weighted by molar-refractivity contribution is 7.91. The molecule has 1 aromatic rings. The highest BCUT2D eigenvalue weighted by Crippen LogP contribution is 2.30. The van der Waals surface area contributed by atoms with Crippen LogP contribution in [0.2, 0.25) is 0 Å².